The Kier molecular flexibility index (Phi) is 3.17. The van der Waals surface area contributed by atoms with Crippen molar-refractivity contribution in [1.82, 2.24) is 4.90 Å². The van der Waals surface area contributed by atoms with Crippen LogP contribution in [0.5, 0.6) is 0 Å². The molecule has 0 saturated carbocycles. The lowest BCUT2D eigenvalue weighted by molar-refractivity contribution is 0.0828. The first-order valence-electron chi connectivity index (χ1n) is 3.69. The maximum atomic E-state index is 11.5. The molecule has 0 N–H and O–H groups in total. The number of benzene rings is 1. The van der Waals surface area contributed by atoms with Crippen LogP contribution in [-0.2, 0) is 0 Å². The van der Waals surface area contributed by atoms with Crippen molar-refractivity contribution in [3.8, 4) is 0 Å². The molecule has 0 aliphatic rings. The van der Waals surface area contributed by atoms with E-state index < -0.39 is 0 Å². The molecule has 0 heterocycles. The Morgan fingerprint density at radius 1 is 1.31 bits per heavy atom. The van der Waals surface area contributed by atoms with Gasteiger partial charge in [0.1, 0.15) is 0 Å². The highest BCUT2D eigenvalue weighted by Crippen LogP contribution is 2.21. The largest absolute Gasteiger partial charge is 0.345 e. The molecule has 0 aliphatic heterocycles. The van der Waals surface area contributed by atoms with E-state index >= 15 is 0 Å². The predicted octanol–water partition coefficient (Wildman–Crippen LogP) is 2.70. The lowest BCUT2D eigenvalue weighted by Gasteiger charge is -2.11. The summed E-state index contributed by atoms with van der Waals surface area (Å²) in [6.45, 7) is 0. The van der Waals surface area contributed by atoms with Crippen LogP contribution in [0.4, 0.5) is 0 Å². The summed E-state index contributed by atoms with van der Waals surface area (Å²) < 4.78 is 0. The van der Waals surface area contributed by atoms with Gasteiger partial charge in [0, 0.05) is 19.1 Å². The molecule has 0 bridgehead atoms. The molecule has 0 saturated heterocycles. The summed E-state index contributed by atoms with van der Waals surface area (Å²) in [6.07, 6.45) is 0. The number of carbonyl (C=O) groups excluding carboxylic acids is 1. The van der Waals surface area contributed by atoms with Crippen LogP contribution in [-0.4, -0.2) is 24.9 Å². The second-order valence-electron chi connectivity index (χ2n) is 2.82. The molecule has 0 aliphatic carbocycles. The lowest BCUT2D eigenvalue weighted by atomic mass is 10.2. The van der Waals surface area contributed by atoms with Crippen molar-refractivity contribution in [1.29, 1.82) is 0 Å². The monoisotopic (exact) mass is 217 g/mol. The van der Waals surface area contributed by atoms with E-state index in [1.807, 2.05) is 0 Å². The highest BCUT2D eigenvalue weighted by molar-refractivity contribution is 6.35. The highest BCUT2D eigenvalue weighted by atomic mass is 35.5. The molecule has 13 heavy (non-hydrogen) atoms. The molecule has 0 unspecified atom stereocenters. The van der Waals surface area contributed by atoms with Gasteiger partial charge in [0.25, 0.3) is 5.91 Å². The summed E-state index contributed by atoms with van der Waals surface area (Å²) in [4.78, 5) is 13.0. The standard InChI is InChI=1S/C9H9Cl2NO/c1-12(2)9(13)7-5-6(10)3-4-8(7)11/h3-5H,1-2H3. The number of halogens is 2. The second kappa shape index (κ2) is 3.99. The van der Waals surface area contributed by atoms with Crippen molar-refractivity contribution < 1.29 is 4.79 Å². The minimum Gasteiger partial charge on any atom is -0.345 e. The Bertz CT molecular complexity index is 336. The first-order chi connectivity index (χ1) is 6.02. The zero-order valence-corrected chi connectivity index (χ0v) is 8.86. The molecule has 1 amide bonds. The Hall–Kier alpha value is -0.730. The number of carbonyl (C=O) groups is 1. The SMILES string of the molecule is CN(C)C(=O)c1cc(Cl)ccc1Cl. The lowest BCUT2D eigenvalue weighted by Crippen LogP contribution is -2.21. The van der Waals surface area contributed by atoms with Crippen molar-refractivity contribution in [3.63, 3.8) is 0 Å². The van der Waals surface area contributed by atoms with E-state index in [9.17, 15) is 4.79 Å². The summed E-state index contributed by atoms with van der Waals surface area (Å²) in [5.74, 6) is -0.146. The summed E-state index contributed by atoms with van der Waals surface area (Å²) in [6, 6.07) is 4.82. The Labute approximate surface area is 87.1 Å². The second-order valence-corrected chi connectivity index (χ2v) is 3.67. The van der Waals surface area contributed by atoms with Gasteiger partial charge < -0.3 is 4.90 Å². The number of hydrogen-bond donors (Lipinski definition) is 0. The number of rotatable bonds is 1. The molecule has 0 aromatic heterocycles. The Morgan fingerprint density at radius 3 is 2.46 bits per heavy atom. The van der Waals surface area contributed by atoms with E-state index in [1.54, 1.807) is 32.3 Å². The van der Waals surface area contributed by atoms with Gasteiger partial charge >= 0.3 is 0 Å². The van der Waals surface area contributed by atoms with Crippen molar-refractivity contribution in [2.75, 3.05) is 14.1 Å². The van der Waals surface area contributed by atoms with Crippen LogP contribution in [0.2, 0.25) is 10.0 Å². The van der Waals surface area contributed by atoms with Gasteiger partial charge in [0.2, 0.25) is 0 Å². The average Bonchev–Trinajstić information content (AvgIpc) is 2.08. The van der Waals surface area contributed by atoms with Crippen molar-refractivity contribution in [2.24, 2.45) is 0 Å². The minimum atomic E-state index is -0.146. The number of hydrogen-bond acceptors (Lipinski definition) is 1. The quantitative estimate of drug-likeness (QED) is 0.709. The topological polar surface area (TPSA) is 20.3 Å². The van der Waals surface area contributed by atoms with Gasteiger partial charge in [-0.1, -0.05) is 23.2 Å². The minimum absolute atomic E-state index is 0.146. The molecule has 1 aromatic rings. The van der Waals surface area contributed by atoms with Crippen LogP contribution in [0, 0.1) is 0 Å². The van der Waals surface area contributed by atoms with Gasteiger partial charge in [-0.05, 0) is 18.2 Å². The van der Waals surface area contributed by atoms with Gasteiger partial charge in [0.05, 0.1) is 10.6 Å². The molecule has 0 radical (unpaired) electrons. The van der Waals surface area contributed by atoms with Gasteiger partial charge in [-0.3, -0.25) is 4.79 Å². The summed E-state index contributed by atoms with van der Waals surface area (Å²) >= 11 is 11.6. The van der Waals surface area contributed by atoms with Gasteiger partial charge in [0.15, 0.2) is 0 Å². The predicted molar refractivity (Wildman–Crippen MR) is 54.5 cm³/mol. The summed E-state index contributed by atoms with van der Waals surface area (Å²) in [7, 11) is 3.33. The van der Waals surface area contributed by atoms with E-state index in [1.165, 1.54) is 4.90 Å². The molecule has 0 atom stereocenters. The van der Waals surface area contributed by atoms with Crippen LogP contribution in [0.25, 0.3) is 0 Å². The zero-order chi connectivity index (χ0) is 10.0. The van der Waals surface area contributed by atoms with Gasteiger partial charge in [-0.15, -0.1) is 0 Å². The van der Waals surface area contributed by atoms with E-state index in [-0.39, 0.29) is 5.91 Å². The summed E-state index contributed by atoms with van der Waals surface area (Å²) in [5, 5.41) is 0.928. The van der Waals surface area contributed by atoms with Crippen LogP contribution >= 0.6 is 23.2 Å². The Morgan fingerprint density at radius 2 is 1.92 bits per heavy atom. The van der Waals surface area contributed by atoms with E-state index in [4.69, 9.17) is 23.2 Å². The van der Waals surface area contributed by atoms with Crippen LogP contribution in [0.15, 0.2) is 18.2 Å². The first-order valence-corrected chi connectivity index (χ1v) is 4.44. The van der Waals surface area contributed by atoms with E-state index in [0.29, 0.717) is 15.6 Å². The zero-order valence-electron chi connectivity index (χ0n) is 7.34. The molecule has 0 spiro atoms. The fourth-order valence-electron chi connectivity index (χ4n) is 0.902. The smallest absolute Gasteiger partial charge is 0.254 e. The van der Waals surface area contributed by atoms with E-state index in [2.05, 4.69) is 0 Å². The average molecular weight is 218 g/mol. The first kappa shape index (κ1) is 10.4. The third kappa shape index (κ3) is 2.36. The molecule has 4 heteroatoms. The molecule has 1 rings (SSSR count). The third-order valence-corrected chi connectivity index (χ3v) is 2.13. The maximum Gasteiger partial charge on any atom is 0.254 e. The van der Waals surface area contributed by atoms with Crippen molar-refractivity contribution in [2.45, 2.75) is 0 Å². The fourth-order valence-corrected chi connectivity index (χ4v) is 1.27. The molecule has 2 nitrogen and oxygen atoms in total. The van der Waals surface area contributed by atoms with Crippen molar-refractivity contribution >= 4 is 29.1 Å². The highest BCUT2D eigenvalue weighted by Gasteiger charge is 2.12. The molecular weight excluding hydrogens is 209 g/mol. The molecule has 70 valence electrons. The van der Waals surface area contributed by atoms with Crippen LogP contribution in [0.3, 0.4) is 0 Å². The normalized spacial score (nSPS) is 9.85. The number of nitrogens with zero attached hydrogens (tertiary/aromatic N) is 1. The van der Waals surface area contributed by atoms with Crippen molar-refractivity contribution in [3.05, 3.63) is 33.8 Å². The van der Waals surface area contributed by atoms with Crippen LogP contribution in [0.1, 0.15) is 10.4 Å². The summed E-state index contributed by atoms with van der Waals surface area (Å²) in [5.41, 5.74) is 0.430. The van der Waals surface area contributed by atoms with Gasteiger partial charge in [-0.25, -0.2) is 0 Å². The Balaban J connectivity index is 3.13. The van der Waals surface area contributed by atoms with Gasteiger partial charge in [-0.2, -0.15) is 0 Å². The fraction of sp³-hybridized carbons (Fsp3) is 0.222. The van der Waals surface area contributed by atoms with E-state index in [0.717, 1.165) is 0 Å². The third-order valence-electron chi connectivity index (χ3n) is 1.56. The molecule has 0 fully saturated rings. The molecule has 1 aromatic carbocycles. The molecular formula is C9H9Cl2NO. The number of amides is 1. The van der Waals surface area contributed by atoms with Crippen LogP contribution < -0.4 is 0 Å². The maximum absolute atomic E-state index is 11.5.